The Bertz CT molecular complexity index is 848. The number of anilines is 1. The first-order valence-corrected chi connectivity index (χ1v) is 7.60. The number of hydrogen-bond acceptors (Lipinski definition) is 6. The summed E-state index contributed by atoms with van der Waals surface area (Å²) < 4.78 is 51.9. The van der Waals surface area contributed by atoms with Crippen LogP contribution in [0.4, 0.5) is 19.0 Å². The minimum absolute atomic E-state index is 0.0000823. The van der Waals surface area contributed by atoms with Crippen LogP contribution in [0.15, 0.2) is 51.7 Å². The van der Waals surface area contributed by atoms with Crippen LogP contribution in [0.25, 0.3) is 11.6 Å². The smallest absolute Gasteiger partial charge is 0.405 e. The molecule has 0 N–H and O–H groups in total. The normalized spacial score (nSPS) is 21.0. The van der Waals surface area contributed by atoms with Crippen molar-refractivity contribution in [3.63, 3.8) is 0 Å². The summed E-state index contributed by atoms with van der Waals surface area (Å²) in [5.41, 5.74) is -2.23. The van der Waals surface area contributed by atoms with Gasteiger partial charge in [0.1, 0.15) is 5.82 Å². The number of aromatic nitrogens is 3. The van der Waals surface area contributed by atoms with Crippen LogP contribution < -0.4 is 4.90 Å². The van der Waals surface area contributed by atoms with E-state index in [2.05, 4.69) is 15.1 Å². The van der Waals surface area contributed by atoms with Gasteiger partial charge < -0.3 is 13.8 Å². The van der Waals surface area contributed by atoms with Crippen molar-refractivity contribution in [1.82, 2.24) is 15.1 Å². The fraction of sp³-hybridized carbons (Fsp3) is 0.312. The third-order valence-corrected chi connectivity index (χ3v) is 4.36. The van der Waals surface area contributed by atoms with Crippen molar-refractivity contribution >= 4 is 5.82 Å². The largest absolute Gasteiger partial charge is 0.461 e. The fourth-order valence-corrected chi connectivity index (χ4v) is 3.00. The Morgan fingerprint density at radius 1 is 1.16 bits per heavy atom. The standard InChI is InChI=1S/C16H13F3N4O2/c17-16(18,19)15(6-8-23(10-15)12-5-1-2-7-20-12)14-21-13(22-25-14)11-4-3-9-24-11/h1-5,7,9H,6,8,10H2. The van der Waals surface area contributed by atoms with Crippen LogP contribution in [0.2, 0.25) is 0 Å². The Morgan fingerprint density at radius 2 is 2.04 bits per heavy atom. The summed E-state index contributed by atoms with van der Waals surface area (Å²) in [6.07, 6.45) is -1.79. The van der Waals surface area contributed by atoms with Crippen molar-refractivity contribution in [1.29, 1.82) is 0 Å². The van der Waals surface area contributed by atoms with E-state index in [1.807, 2.05) is 0 Å². The van der Waals surface area contributed by atoms with Crippen molar-refractivity contribution in [3.8, 4) is 11.6 Å². The SMILES string of the molecule is FC(F)(F)C1(c2nc(-c3ccco3)no2)CCN(c2ccccn2)C1. The van der Waals surface area contributed by atoms with E-state index in [1.54, 1.807) is 41.4 Å². The Kier molecular flexibility index (Phi) is 3.52. The van der Waals surface area contributed by atoms with Gasteiger partial charge in [-0.3, -0.25) is 0 Å². The molecule has 3 aromatic heterocycles. The highest BCUT2D eigenvalue weighted by molar-refractivity contribution is 5.46. The minimum Gasteiger partial charge on any atom is -0.461 e. The van der Waals surface area contributed by atoms with Crippen LogP contribution in [-0.4, -0.2) is 34.4 Å². The molecule has 1 unspecified atom stereocenters. The van der Waals surface area contributed by atoms with Crippen LogP contribution >= 0.6 is 0 Å². The summed E-state index contributed by atoms with van der Waals surface area (Å²) in [6, 6.07) is 8.28. The zero-order valence-corrected chi connectivity index (χ0v) is 12.9. The van der Waals surface area contributed by atoms with Crippen LogP contribution in [-0.2, 0) is 5.41 Å². The van der Waals surface area contributed by atoms with Gasteiger partial charge in [-0.05, 0) is 30.7 Å². The maximum Gasteiger partial charge on any atom is 0.405 e. The molecular weight excluding hydrogens is 337 g/mol. The molecule has 0 saturated carbocycles. The lowest BCUT2D eigenvalue weighted by Gasteiger charge is -2.28. The van der Waals surface area contributed by atoms with Gasteiger partial charge in [-0.2, -0.15) is 18.2 Å². The molecule has 1 aliphatic rings. The Balaban J connectivity index is 1.70. The molecule has 4 rings (SSSR count). The lowest BCUT2D eigenvalue weighted by molar-refractivity contribution is -0.191. The summed E-state index contributed by atoms with van der Waals surface area (Å²) in [5.74, 6) is 0.288. The Hall–Kier alpha value is -2.84. The van der Waals surface area contributed by atoms with Gasteiger partial charge in [0.2, 0.25) is 11.7 Å². The van der Waals surface area contributed by atoms with Crippen molar-refractivity contribution in [2.75, 3.05) is 18.0 Å². The third-order valence-electron chi connectivity index (χ3n) is 4.36. The van der Waals surface area contributed by atoms with Gasteiger partial charge in [0, 0.05) is 19.3 Å². The fourth-order valence-electron chi connectivity index (χ4n) is 3.00. The summed E-state index contributed by atoms with van der Waals surface area (Å²) in [6.45, 7) is -0.137. The van der Waals surface area contributed by atoms with Crippen LogP contribution in [0.3, 0.4) is 0 Å². The predicted octanol–water partition coefficient (Wildman–Crippen LogP) is 3.44. The molecule has 0 amide bonds. The Labute approximate surface area is 140 Å². The summed E-state index contributed by atoms with van der Waals surface area (Å²) >= 11 is 0. The zero-order chi connectivity index (χ0) is 17.5. The average Bonchev–Trinajstić information content (AvgIpc) is 3.33. The van der Waals surface area contributed by atoms with E-state index in [0.29, 0.717) is 5.82 Å². The van der Waals surface area contributed by atoms with E-state index >= 15 is 0 Å². The molecule has 0 radical (unpaired) electrons. The Morgan fingerprint density at radius 3 is 2.72 bits per heavy atom. The van der Waals surface area contributed by atoms with Crippen LogP contribution in [0.1, 0.15) is 12.3 Å². The van der Waals surface area contributed by atoms with Crippen molar-refractivity contribution in [2.24, 2.45) is 0 Å². The molecule has 1 saturated heterocycles. The first-order chi connectivity index (χ1) is 12.0. The number of alkyl halides is 3. The van der Waals surface area contributed by atoms with Gasteiger partial charge in [-0.15, -0.1) is 0 Å². The number of nitrogens with zero attached hydrogens (tertiary/aromatic N) is 4. The van der Waals surface area contributed by atoms with E-state index < -0.39 is 17.5 Å². The number of rotatable bonds is 3. The molecule has 6 nitrogen and oxygen atoms in total. The van der Waals surface area contributed by atoms with Crippen molar-refractivity contribution in [3.05, 3.63) is 48.7 Å². The lowest BCUT2D eigenvalue weighted by atomic mass is 9.86. The highest BCUT2D eigenvalue weighted by atomic mass is 19.4. The summed E-state index contributed by atoms with van der Waals surface area (Å²) in [4.78, 5) is 9.66. The molecule has 1 atom stereocenters. The molecule has 9 heteroatoms. The van der Waals surface area contributed by atoms with Gasteiger partial charge >= 0.3 is 6.18 Å². The van der Waals surface area contributed by atoms with Crippen molar-refractivity contribution in [2.45, 2.75) is 18.0 Å². The van der Waals surface area contributed by atoms with E-state index in [4.69, 9.17) is 8.94 Å². The molecule has 0 aliphatic carbocycles. The molecule has 3 aromatic rings. The zero-order valence-electron chi connectivity index (χ0n) is 12.9. The minimum atomic E-state index is -4.54. The quantitative estimate of drug-likeness (QED) is 0.721. The number of pyridine rings is 1. The second kappa shape index (κ2) is 5.61. The molecule has 1 aliphatic heterocycles. The molecule has 0 aromatic carbocycles. The molecule has 130 valence electrons. The molecule has 1 fully saturated rings. The number of halogens is 3. The van der Waals surface area contributed by atoms with Gasteiger partial charge in [0.15, 0.2) is 11.2 Å². The molecule has 0 spiro atoms. The second-order valence-corrected chi connectivity index (χ2v) is 5.84. The maximum absolute atomic E-state index is 13.9. The first-order valence-electron chi connectivity index (χ1n) is 7.60. The van der Waals surface area contributed by atoms with Gasteiger partial charge in [-0.25, -0.2) is 4.98 Å². The summed E-state index contributed by atoms with van der Waals surface area (Å²) in [5, 5.41) is 3.65. The number of hydrogen-bond donors (Lipinski definition) is 0. The predicted molar refractivity (Wildman–Crippen MR) is 80.8 cm³/mol. The van der Waals surface area contributed by atoms with Crippen LogP contribution in [0, 0.1) is 0 Å². The van der Waals surface area contributed by atoms with Gasteiger partial charge in [0.05, 0.1) is 6.26 Å². The highest BCUT2D eigenvalue weighted by Crippen LogP contribution is 2.48. The van der Waals surface area contributed by atoms with Crippen molar-refractivity contribution < 1.29 is 22.1 Å². The highest BCUT2D eigenvalue weighted by Gasteiger charge is 2.63. The molecular formula is C16H13F3N4O2. The van der Waals surface area contributed by atoms with Crippen LogP contribution in [0.5, 0.6) is 0 Å². The van der Waals surface area contributed by atoms with E-state index in [0.717, 1.165) is 0 Å². The van der Waals surface area contributed by atoms with E-state index in [1.165, 1.54) is 6.26 Å². The second-order valence-electron chi connectivity index (χ2n) is 5.84. The molecule has 25 heavy (non-hydrogen) atoms. The average molecular weight is 350 g/mol. The van der Waals surface area contributed by atoms with Gasteiger partial charge in [0.25, 0.3) is 0 Å². The molecule has 4 heterocycles. The monoisotopic (exact) mass is 350 g/mol. The third kappa shape index (κ3) is 2.55. The van der Waals surface area contributed by atoms with E-state index in [-0.39, 0.29) is 31.1 Å². The summed E-state index contributed by atoms with van der Waals surface area (Å²) in [7, 11) is 0. The number of furan rings is 1. The molecule has 0 bridgehead atoms. The lowest BCUT2D eigenvalue weighted by Crippen LogP contribution is -2.45. The maximum atomic E-state index is 13.9. The van der Waals surface area contributed by atoms with E-state index in [9.17, 15) is 13.2 Å². The van der Waals surface area contributed by atoms with Gasteiger partial charge in [-0.1, -0.05) is 11.2 Å². The topological polar surface area (TPSA) is 68.2 Å². The first kappa shape index (κ1) is 15.7.